The van der Waals surface area contributed by atoms with E-state index in [9.17, 15) is 24.0 Å². The van der Waals surface area contributed by atoms with Crippen molar-refractivity contribution in [1.29, 1.82) is 0 Å². The first-order chi connectivity index (χ1) is 28.6. The number of nitrogens with one attached hydrogen (secondary N) is 4. The van der Waals surface area contributed by atoms with Crippen LogP contribution in [-0.2, 0) is 23.9 Å². The Morgan fingerprint density at radius 1 is 0.867 bits per heavy atom. The van der Waals surface area contributed by atoms with Crippen molar-refractivity contribution in [1.82, 2.24) is 39.8 Å². The van der Waals surface area contributed by atoms with Gasteiger partial charge in [0.2, 0.25) is 11.8 Å². The zero-order valence-corrected chi connectivity index (χ0v) is 34.3. The van der Waals surface area contributed by atoms with Crippen molar-refractivity contribution in [3.05, 3.63) is 75.2 Å². The van der Waals surface area contributed by atoms with Gasteiger partial charge < -0.3 is 20.1 Å². The first kappa shape index (κ1) is 40.3. The summed E-state index contributed by atoms with van der Waals surface area (Å²) in [6, 6.07) is 9.21. The molecule has 0 atom stereocenters. The zero-order valence-electron chi connectivity index (χ0n) is 32.8. The fourth-order valence-electron chi connectivity index (χ4n) is 6.48. The lowest BCUT2D eigenvalue weighted by Crippen LogP contribution is -2.39. The summed E-state index contributed by atoms with van der Waals surface area (Å²) in [5.41, 5.74) is 2.91. The van der Waals surface area contributed by atoms with E-state index >= 15 is 0 Å². The summed E-state index contributed by atoms with van der Waals surface area (Å²) in [6.45, 7) is 5.41. The normalized spacial score (nSPS) is 17.8. The van der Waals surface area contributed by atoms with Crippen LogP contribution in [0.3, 0.4) is 0 Å². The van der Waals surface area contributed by atoms with Gasteiger partial charge in [-0.25, -0.2) is 14.8 Å². The molecule has 4 N–H and O–H groups in total. The molecule has 2 saturated heterocycles. The molecular weight excluding hydrogens is 817 g/mol. The minimum absolute atomic E-state index is 0.00393. The number of imide groups is 2. The Labute approximate surface area is 352 Å². The van der Waals surface area contributed by atoms with Gasteiger partial charge in [0.15, 0.2) is 11.3 Å². The minimum Gasteiger partial charge on any atom is -0.495 e. The first-order valence-electron chi connectivity index (χ1n) is 19.0. The van der Waals surface area contributed by atoms with Gasteiger partial charge in [-0.15, -0.1) is 0 Å². The summed E-state index contributed by atoms with van der Waals surface area (Å²) >= 11 is 12.5. The fourth-order valence-corrected chi connectivity index (χ4v) is 6.91. The SMILES string of the molecule is CC(C)(C)OC(=O)N(c1cc(Cl)nc2c(/C=C3\CC(=O)NC3=O)cnn12)C1CC1.COc1ccc(Nc2cc(NC3CC3)n3ncc(/C=C4\CC(=O)NC4=O)c3n2)cc1Cl. The van der Waals surface area contributed by atoms with Crippen LogP contribution in [0.2, 0.25) is 10.2 Å². The van der Waals surface area contributed by atoms with Crippen LogP contribution in [0.1, 0.15) is 70.4 Å². The van der Waals surface area contributed by atoms with Gasteiger partial charge in [0, 0.05) is 52.2 Å². The van der Waals surface area contributed by atoms with E-state index in [1.807, 2.05) is 12.1 Å². The third-order valence-corrected chi connectivity index (χ3v) is 9.99. The van der Waals surface area contributed by atoms with Gasteiger partial charge in [0.25, 0.3) is 11.8 Å². The van der Waals surface area contributed by atoms with Gasteiger partial charge in [-0.1, -0.05) is 23.2 Å². The predicted molar refractivity (Wildman–Crippen MR) is 222 cm³/mol. The molecule has 0 bridgehead atoms. The van der Waals surface area contributed by atoms with Crippen molar-refractivity contribution < 1.29 is 33.4 Å². The molecule has 0 spiro atoms. The predicted octanol–water partition coefficient (Wildman–Crippen LogP) is 5.86. The number of halogens is 2. The standard InChI is InChI=1S/C21H19ClN6O3.C19H20ClN5O4/c1-31-16-5-4-14(8-15(16)22)24-17-9-18(25-13-2-3-13)28-20(26-17)12(10-23-28)6-11-7-19(29)27-21(11)30;1-19(2,3)29-18(28)24(12-4-5-12)15-8-13(20)22-16-11(9-21-25(15)16)6-10-7-14(26)23-17(10)27/h4-6,8-10,13,25H,2-3,7H2,1H3,(H,24,26)(H,27,29,30);6,8-9,12H,4-5,7H2,1-3H3,(H,23,26,27)/b11-6+;10-6+. The highest BCUT2D eigenvalue weighted by atomic mass is 35.5. The molecule has 9 rings (SSSR count). The second-order valence-electron chi connectivity index (χ2n) is 15.6. The second kappa shape index (κ2) is 15.9. The summed E-state index contributed by atoms with van der Waals surface area (Å²) in [5, 5.41) is 20.7. The van der Waals surface area contributed by atoms with E-state index in [-0.39, 0.29) is 41.8 Å². The monoisotopic (exact) mass is 855 g/mol. The fraction of sp³-hybridized carbons (Fsp3) is 0.325. The van der Waals surface area contributed by atoms with Crippen LogP contribution in [0, 0.1) is 0 Å². The molecule has 0 radical (unpaired) electrons. The smallest absolute Gasteiger partial charge is 0.416 e. The molecule has 5 aromatic rings. The van der Waals surface area contributed by atoms with E-state index in [2.05, 4.69) is 36.4 Å². The van der Waals surface area contributed by atoms with Crippen LogP contribution >= 0.6 is 23.2 Å². The van der Waals surface area contributed by atoms with E-state index in [4.69, 9.17) is 37.7 Å². The van der Waals surface area contributed by atoms with E-state index in [1.54, 1.807) is 73.8 Å². The highest BCUT2D eigenvalue weighted by molar-refractivity contribution is 6.32. The van der Waals surface area contributed by atoms with Crippen LogP contribution in [-0.4, -0.2) is 83.7 Å². The summed E-state index contributed by atoms with van der Waals surface area (Å²) in [4.78, 5) is 70.2. The lowest BCUT2D eigenvalue weighted by atomic mass is 10.1. The van der Waals surface area contributed by atoms with Crippen molar-refractivity contribution in [3.8, 4) is 5.75 Å². The maximum Gasteiger partial charge on any atom is 0.416 e. The molecule has 4 aliphatic rings. The average Bonchev–Trinajstić information content (AvgIpc) is 4.04. The number of fused-ring (bicyclic) bond motifs is 2. The number of nitrogens with zero attached hydrogens (tertiary/aromatic N) is 7. The van der Waals surface area contributed by atoms with Gasteiger partial charge >= 0.3 is 6.09 Å². The number of hydrogen-bond donors (Lipinski definition) is 4. The number of anilines is 4. The molecule has 20 heteroatoms. The molecule has 1 aromatic carbocycles. The van der Waals surface area contributed by atoms with Crippen molar-refractivity contribution in [3.63, 3.8) is 0 Å². The van der Waals surface area contributed by atoms with Crippen molar-refractivity contribution in [2.24, 2.45) is 0 Å². The summed E-state index contributed by atoms with van der Waals surface area (Å²) in [7, 11) is 1.56. The first-order valence-corrected chi connectivity index (χ1v) is 19.8. The molecule has 4 aromatic heterocycles. The molecule has 0 unspecified atom stereocenters. The summed E-state index contributed by atoms with van der Waals surface area (Å²) in [6.07, 6.45) is 9.82. The molecule has 18 nitrogen and oxygen atoms in total. The Morgan fingerprint density at radius 3 is 2.02 bits per heavy atom. The number of methoxy groups -OCH3 is 1. The van der Waals surface area contributed by atoms with Crippen LogP contribution in [0.4, 0.5) is 27.9 Å². The Hall–Kier alpha value is -6.53. The lowest BCUT2D eigenvalue weighted by Gasteiger charge is -2.27. The molecular formula is C40H39Cl2N11O7. The largest absolute Gasteiger partial charge is 0.495 e. The molecule has 2 saturated carbocycles. The molecule has 6 heterocycles. The van der Waals surface area contributed by atoms with Gasteiger partial charge in [0.1, 0.15) is 34.0 Å². The number of carbonyl (C=O) groups is 5. The Kier molecular flexibility index (Phi) is 10.7. The highest BCUT2D eigenvalue weighted by Gasteiger charge is 2.38. The van der Waals surface area contributed by atoms with E-state index in [0.29, 0.717) is 62.0 Å². The number of benzene rings is 1. The molecule has 4 fully saturated rings. The quantitative estimate of drug-likeness (QED) is 0.0778. The molecule has 2 aliphatic carbocycles. The van der Waals surface area contributed by atoms with E-state index in [0.717, 1.165) is 37.2 Å². The third-order valence-electron chi connectivity index (χ3n) is 9.50. The zero-order chi connectivity index (χ0) is 42.5. The van der Waals surface area contributed by atoms with Gasteiger partial charge in [-0.05, 0) is 76.8 Å². The summed E-state index contributed by atoms with van der Waals surface area (Å²) < 4.78 is 14.0. The third kappa shape index (κ3) is 8.89. The Bertz CT molecular complexity index is 2670. The van der Waals surface area contributed by atoms with Crippen molar-refractivity contribution in [2.45, 2.75) is 77.0 Å². The number of carbonyl (C=O) groups excluding carboxylic acids is 5. The maximum absolute atomic E-state index is 12.9. The van der Waals surface area contributed by atoms with Crippen LogP contribution in [0.5, 0.6) is 5.75 Å². The minimum atomic E-state index is -0.651. The van der Waals surface area contributed by atoms with Crippen LogP contribution in [0.15, 0.2) is 53.9 Å². The molecule has 5 amide bonds. The van der Waals surface area contributed by atoms with E-state index < -0.39 is 17.6 Å². The molecule has 60 heavy (non-hydrogen) atoms. The lowest BCUT2D eigenvalue weighted by molar-refractivity contribution is -0.125. The average molecular weight is 857 g/mol. The van der Waals surface area contributed by atoms with Crippen LogP contribution < -0.4 is 30.9 Å². The summed E-state index contributed by atoms with van der Waals surface area (Å²) in [5.74, 6) is 0.905. The Balaban J connectivity index is 0.000000167. The molecule has 2 aliphatic heterocycles. The number of ether oxygens (including phenoxy) is 2. The van der Waals surface area contributed by atoms with Gasteiger partial charge in [0.05, 0.1) is 37.4 Å². The Morgan fingerprint density at radius 2 is 1.48 bits per heavy atom. The molecule has 310 valence electrons. The van der Waals surface area contributed by atoms with E-state index in [1.165, 1.54) is 10.7 Å². The maximum atomic E-state index is 12.9. The van der Waals surface area contributed by atoms with Crippen molar-refractivity contribution in [2.75, 3.05) is 22.6 Å². The number of amides is 5. The van der Waals surface area contributed by atoms with Crippen molar-refractivity contribution >= 4 is 99.5 Å². The second-order valence-corrected chi connectivity index (χ2v) is 16.4. The number of rotatable bonds is 9. The van der Waals surface area contributed by atoms with Gasteiger partial charge in [-0.2, -0.15) is 19.2 Å². The number of aromatic nitrogens is 6. The number of hydrogen-bond acceptors (Lipinski definition) is 13. The highest BCUT2D eigenvalue weighted by Crippen LogP contribution is 2.36. The van der Waals surface area contributed by atoms with Gasteiger partial charge in [-0.3, -0.25) is 34.7 Å². The van der Waals surface area contributed by atoms with Crippen LogP contribution in [0.25, 0.3) is 23.4 Å². The topological polar surface area (TPSA) is 216 Å².